The molecule has 0 aliphatic rings. The third kappa shape index (κ3) is 3.92. The van der Waals surface area contributed by atoms with Crippen molar-refractivity contribution >= 4 is 27.6 Å². The van der Waals surface area contributed by atoms with Crippen LogP contribution in [-0.4, -0.2) is 39.2 Å². The van der Waals surface area contributed by atoms with Crippen LogP contribution >= 0.6 is 0 Å². The van der Waals surface area contributed by atoms with Crippen LogP contribution in [0.15, 0.2) is 30.5 Å². The second-order valence-electron chi connectivity index (χ2n) is 5.22. The standard InChI is InChI=1S/C15H21N3O2S/c1-10(21(2)20)8-18-15(19)13(16)7-11-9-17-14-6-4-3-5-12(11)14/h3-6,9-10,13,17H,7-8,16H2,1-2H3,(H,18,19)/t10?,13-,21?/m0/s1. The van der Waals surface area contributed by atoms with Gasteiger partial charge in [-0.15, -0.1) is 0 Å². The Balaban J connectivity index is 1.96. The van der Waals surface area contributed by atoms with E-state index in [1.807, 2.05) is 37.4 Å². The maximum absolute atomic E-state index is 12.0. The van der Waals surface area contributed by atoms with Crippen LogP contribution in [0.3, 0.4) is 0 Å². The van der Waals surface area contributed by atoms with Gasteiger partial charge in [-0.25, -0.2) is 0 Å². The van der Waals surface area contributed by atoms with E-state index < -0.39 is 16.8 Å². The van der Waals surface area contributed by atoms with Crippen LogP contribution in [0.25, 0.3) is 10.9 Å². The summed E-state index contributed by atoms with van der Waals surface area (Å²) < 4.78 is 11.3. The first-order valence-corrected chi connectivity index (χ1v) is 8.51. The average molecular weight is 307 g/mol. The molecule has 114 valence electrons. The predicted molar refractivity (Wildman–Crippen MR) is 86.5 cm³/mol. The van der Waals surface area contributed by atoms with E-state index in [-0.39, 0.29) is 11.2 Å². The maximum atomic E-state index is 12.0. The van der Waals surface area contributed by atoms with Gasteiger partial charge in [-0.3, -0.25) is 9.00 Å². The number of nitrogens with two attached hydrogens (primary N) is 1. The largest absolute Gasteiger partial charge is 0.361 e. The highest BCUT2D eigenvalue weighted by Gasteiger charge is 2.17. The summed E-state index contributed by atoms with van der Waals surface area (Å²) >= 11 is 0. The number of H-pyrrole nitrogens is 1. The Labute approximate surface area is 126 Å². The molecular weight excluding hydrogens is 286 g/mol. The van der Waals surface area contributed by atoms with Crippen molar-refractivity contribution in [3.8, 4) is 0 Å². The van der Waals surface area contributed by atoms with E-state index in [4.69, 9.17) is 5.73 Å². The van der Waals surface area contributed by atoms with Gasteiger partial charge in [0, 0.05) is 45.9 Å². The lowest BCUT2D eigenvalue weighted by Gasteiger charge is -2.14. The smallest absolute Gasteiger partial charge is 0.237 e. The van der Waals surface area contributed by atoms with Gasteiger partial charge < -0.3 is 16.0 Å². The maximum Gasteiger partial charge on any atom is 0.237 e. The van der Waals surface area contributed by atoms with Crippen LogP contribution in [0, 0.1) is 0 Å². The van der Waals surface area contributed by atoms with Crippen molar-refractivity contribution in [2.45, 2.75) is 24.6 Å². The molecule has 6 heteroatoms. The van der Waals surface area contributed by atoms with E-state index in [0.717, 1.165) is 16.5 Å². The fourth-order valence-corrected chi connectivity index (χ4v) is 2.44. The molecule has 1 aromatic carbocycles. The zero-order chi connectivity index (χ0) is 15.4. The van der Waals surface area contributed by atoms with Crippen LogP contribution in [0.4, 0.5) is 0 Å². The van der Waals surface area contributed by atoms with Crippen molar-refractivity contribution in [1.82, 2.24) is 10.3 Å². The Morgan fingerprint density at radius 2 is 2.14 bits per heavy atom. The van der Waals surface area contributed by atoms with E-state index in [1.165, 1.54) is 0 Å². The topological polar surface area (TPSA) is 88.0 Å². The highest BCUT2D eigenvalue weighted by Crippen LogP contribution is 2.18. The molecule has 0 fully saturated rings. The summed E-state index contributed by atoms with van der Waals surface area (Å²) in [5.74, 6) is -0.211. The molecule has 0 radical (unpaired) electrons. The van der Waals surface area contributed by atoms with Crippen LogP contribution in [0.2, 0.25) is 0 Å². The summed E-state index contributed by atoms with van der Waals surface area (Å²) in [5, 5.41) is 3.77. The van der Waals surface area contributed by atoms with Crippen molar-refractivity contribution in [2.75, 3.05) is 12.8 Å². The molecule has 1 heterocycles. The quantitative estimate of drug-likeness (QED) is 0.741. The van der Waals surface area contributed by atoms with Crippen LogP contribution in [0.5, 0.6) is 0 Å². The highest BCUT2D eigenvalue weighted by atomic mass is 32.2. The second-order valence-corrected chi connectivity index (χ2v) is 7.03. The molecule has 1 amide bonds. The summed E-state index contributed by atoms with van der Waals surface area (Å²) in [6.45, 7) is 2.21. The number of hydrogen-bond acceptors (Lipinski definition) is 3. The first kappa shape index (κ1) is 15.7. The number of para-hydroxylation sites is 1. The molecule has 0 bridgehead atoms. The number of fused-ring (bicyclic) bond motifs is 1. The van der Waals surface area contributed by atoms with Gasteiger partial charge in [-0.05, 0) is 25.0 Å². The lowest BCUT2D eigenvalue weighted by Crippen LogP contribution is -2.44. The van der Waals surface area contributed by atoms with Gasteiger partial charge in [-0.2, -0.15) is 0 Å². The Hall–Kier alpha value is -1.66. The number of nitrogens with one attached hydrogen (secondary N) is 2. The van der Waals surface area contributed by atoms with Gasteiger partial charge in [0.2, 0.25) is 5.91 Å². The first-order valence-electron chi connectivity index (χ1n) is 6.89. The molecule has 0 saturated carbocycles. The Morgan fingerprint density at radius 3 is 2.86 bits per heavy atom. The van der Waals surface area contributed by atoms with E-state index in [1.54, 1.807) is 6.26 Å². The van der Waals surface area contributed by atoms with Crippen molar-refractivity contribution in [1.29, 1.82) is 0 Å². The lowest BCUT2D eigenvalue weighted by molar-refractivity contribution is -0.122. The molecular formula is C15H21N3O2S. The minimum Gasteiger partial charge on any atom is -0.361 e. The number of rotatable bonds is 6. The van der Waals surface area contributed by atoms with Crippen LogP contribution < -0.4 is 11.1 Å². The molecule has 0 aliphatic heterocycles. The number of benzene rings is 1. The van der Waals surface area contributed by atoms with Crippen LogP contribution in [0.1, 0.15) is 12.5 Å². The molecule has 0 spiro atoms. The summed E-state index contributed by atoms with van der Waals surface area (Å²) in [5.41, 5.74) is 8.03. The third-order valence-electron chi connectivity index (χ3n) is 3.58. The van der Waals surface area contributed by atoms with Crippen LogP contribution in [-0.2, 0) is 22.0 Å². The molecule has 5 nitrogen and oxygen atoms in total. The molecule has 1 aromatic heterocycles. The van der Waals surface area contributed by atoms with E-state index in [2.05, 4.69) is 10.3 Å². The van der Waals surface area contributed by atoms with Gasteiger partial charge in [-0.1, -0.05) is 18.2 Å². The monoisotopic (exact) mass is 307 g/mol. The normalized spacial score (nSPS) is 15.6. The van der Waals surface area contributed by atoms with Crippen molar-refractivity contribution in [3.05, 3.63) is 36.0 Å². The number of aromatic amines is 1. The fraction of sp³-hybridized carbons (Fsp3) is 0.400. The first-order chi connectivity index (χ1) is 9.99. The fourth-order valence-electron chi connectivity index (χ4n) is 2.12. The Kier molecular flexibility index (Phi) is 5.14. The molecule has 2 aromatic rings. The van der Waals surface area contributed by atoms with E-state index in [0.29, 0.717) is 13.0 Å². The second kappa shape index (κ2) is 6.87. The van der Waals surface area contributed by atoms with Gasteiger partial charge in [0.05, 0.1) is 6.04 Å². The predicted octanol–water partition coefficient (Wildman–Crippen LogP) is 0.921. The molecule has 2 rings (SSSR count). The number of hydrogen-bond donors (Lipinski definition) is 3. The number of carbonyl (C=O) groups excluding carboxylic acids is 1. The van der Waals surface area contributed by atoms with Gasteiger partial charge in [0.1, 0.15) is 0 Å². The van der Waals surface area contributed by atoms with Gasteiger partial charge in [0.15, 0.2) is 0 Å². The summed E-state index contributed by atoms with van der Waals surface area (Å²) in [4.78, 5) is 15.2. The molecule has 0 aliphatic carbocycles. The third-order valence-corrected chi connectivity index (χ3v) is 4.88. The molecule has 21 heavy (non-hydrogen) atoms. The van der Waals surface area contributed by atoms with Gasteiger partial charge in [0.25, 0.3) is 0 Å². The molecule has 3 atom stereocenters. The number of carbonyl (C=O) groups is 1. The Bertz CT molecular complexity index is 653. The zero-order valence-electron chi connectivity index (χ0n) is 12.3. The molecule has 2 unspecified atom stereocenters. The van der Waals surface area contributed by atoms with Crippen molar-refractivity contribution in [3.63, 3.8) is 0 Å². The van der Waals surface area contributed by atoms with Gasteiger partial charge >= 0.3 is 0 Å². The lowest BCUT2D eigenvalue weighted by atomic mass is 10.1. The Morgan fingerprint density at radius 1 is 1.43 bits per heavy atom. The summed E-state index contributed by atoms with van der Waals surface area (Å²) in [7, 11) is -0.951. The minimum absolute atomic E-state index is 0.0748. The van der Waals surface area contributed by atoms with Crippen molar-refractivity contribution < 1.29 is 9.00 Å². The molecule has 4 N–H and O–H groups in total. The molecule has 0 saturated heterocycles. The zero-order valence-corrected chi connectivity index (χ0v) is 13.1. The van der Waals surface area contributed by atoms with Crippen molar-refractivity contribution in [2.24, 2.45) is 5.73 Å². The average Bonchev–Trinajstić information content (AvgIpc) is 2.87. The summed E-state index contributed by atoms with van der Waals surface area (Å²) in [6, 6.07) is 7.31. The van der Waals surface area contributed by atoms with E-state index in [9.17, 15) is 9.00 Å². The van der Waals surface area contributed by atoms with E-state index >= 15 is 0 Å². The minimum atomic E-state index is -0.951. The summed E-state index contributed by atoms with van der Waals surface area (Å²) in [6.07, 6.45) is 3.99. The number of amides is 1. The number of aromatic nitrogens is 1. The highest BCUT2D eigenvalue weighted by molar-refractivity contribution is 7.84. The SMILES string of the molecule is CC(CNC(=O)[C@@H](N)Cc1c[nH]c2ccccc12)S(C)=O.